The van der Waals surface area contributed by atoms with Crippen LogP contribution >= 0.6 is 0 Å². The minimum absolute atomic E-state index is 0.00678. The van der Waals surface area contributed by atoms with E-state index in [9.17, 15) is 24.3 Å². The van der Waals surface area contributed by atoms with E-state index in [-0.39, 0.29) is 24.7 Å². The number of esters is 2. The van der Waals surface area contributed by atoms with E-state index < -0.39 is 52.8 Å². The van der Waals surface area contributed by atoms with E-state index >= 15 is 0 Å². The number of carboxylic acids is 1. The summed E-state index contributed by atoms with van der Waals surface area (Å²) in [5, 5.41) is 9.66. The molecule has 10 nitrogen and oxygen atoms in total. The number of benzene rings is 1. The van der Waals surface area contributed by atoms with Crippen LogP contribution in [0.1, 0.15) is 79.7 Å². The summed E-state index contributed by atoms with van der Waals surface area (Å²) in [4.78, 5) is 48.9. The summed E-state index contributed by atoms with van der Waals surface area (Å²) in [6.07, 6.45) is 0.689. The average Bonchev–Trinajstić information content (AvgIpc) is 2.78. The lowest BCUT2D eigenvalue weighted by Gasteiger charge is -2.28. The molecule has 1 rings (SSSR count). The number of ether oxygens (including phenoxy) is 4. The van der Waals surface area contributed by atoms with Gasteiger partial charge in [0, 0.05) is 5.92 Å². The largest absolute Gasteiger partial charge is 0.508 e. The van der Waals surface area contributed by atoms with Gasteiger partial charge < -0.3 is 29.8 Å². The zero-order chi connectivity index (χ0) is 28.6. The summed E-state index contributed by atoms with van der Waals surface area (Å²) in [6.45, 7) is 13.8. The maximum absolute atomic E-state index is 12.7. The second kappa shape index (κ2) is 13.4. The lowest BCUT2D eigenvalue weighted by atomic mass is 9.82. The normalized spacial score (nSPS) is 14.2. The first kappa shape index (κ1) is 31.9. The van der Waals surface area contributed by atoms with Crippen LogP contribution in [0.15, 0.2) is 18.2 Å². The molecule has 3 atom stereocenters. The molecule has 1 aromatic rings. The van der Waals surface area contributed by atoms with Crippen molar-refractivity contribution >= 4 is 24.1 Å². The van der Waals surface area contributed by atoms with Crippen LogP contribution in [0.4, 0.5) is 4.79 Å². The highest BCUT2D eigenvalue weighted by molar-refractivity contribution is 5.81. The van der Waals surface area contributed by atoms with Crippen molar-refractivity contribution in [2.45, 2.75) is 80.2 Å². The van der Waals surface area contributed by atoms with Crippen LogP contribution in [0.25, 0.3) is 0 Å². The summed E-state index contributed by atoms with van der Waals surface area (Å²) in [6, 6.07) is 3.03. The third kappa shape index (κ3) is 10.0. The maximum Gasteiger partial charge on any atom is 0.508 e. The number of hydrogen-bond donors (Lipinski definition) is 2. The minimum Gasteiger partial charge on any atom is -0.480 e. The van der Waals surface area contributed by atoms with Gasteiger partial charge >= 0.3 is 24.1 Å². The van der Waals surface area contributed by atoms with Gasteiger partial charge in [-0.15, -0.1) is 0 Å². The number of carboxylic acid groups (broad SMARTS) is 1. The average molecular weight is 524 g/mol. The Morgan fingerprint density at radius 1 is 0.919 bits per heavy atom. The van der Waals surface area contributed by atoms with Crippen molar-refractivity contribution in [1.82, 2.24) is 0 Å². The number of carbonyl (C=O) groups excluding carboxylic acids is 3. The fourth-order valence-corrected chi connectivity index (χ4v) is 3.09. The summed E-state index contributed by atoms with van der Waals surface area (Å²) < 4.78 is 21.2. The summed E-state index contributed by atoms with van der Waals surface area (Å²) in [5.41, 5.74) is 4.74. The molecule has 0 aliphatic carbocycles. The number of rotatable bonds is 11. The highest BCUT2D eigenvalue weighted by Gasteiger charge is 2.34. The Bertz CT molecular complexity index is 960. The smallest absolute Gasteiger partial charge is 0.480 e. The van der Waals surface area contributed by atoms with Gasteiger partial charge in [-0.05, 0) is 71.6 Å². The predicted molar refractivity (Wildman–Crippen MR) is 136 cm³/mol. The van der Waals surface area contributed by atoms with E-state index in [0.29, 0.717) is 12.0 Å². The zero-order valence-electron chi connectivity index (χ0n) is 23.1. The number of nitrogens with two attached hydrogens (primary N) is 1. The van der Waals surface area contributed by atoms with Crippen molar-refractivity contribution in [3.05, 3.63) is 23.8 Å². The Morgan fingerprint density at radius 2 is 1.46 bits per heavy atom. The quantitative estimate of drug-likeness (QED) is 0.238. The molecule has 3 N–H and O–H groups in total. The molecule has 10 heteroatoms. The monoisotopic (exact) mass is 523 g/mol. The van der Waals surface area contributed by atoms with Crippen LogP contribution in [-0.4, -0.2) is 48.4 Å². The van der Waals surface area contributed by atoms with Crippen LogP contribution < -0.4 is 15.2 Å². The third-order valence-electron chi connectivity index (χ3n) is 5.45. The Morgan fingerprint density at radius 3 is 1.95 bits per heavy atom. The first-order valence-corrected chi connectivity index (χ1v) is 12.4. The Hall–Kier alpha value is -3.14. The number of carbonyl (C=O) groups is 4. The van der Waals surface area contributed by atoms with Gasteiger partial charge in [0.2, 0.25) is 0 Å². The topological polar surface area (TPSA) is 151 Å². The SMILES string of the molecule is CCCCOC(=O)OCC(C)C(c1ccc(OC(=O)C(C)(C)C)c(OC(=O)C(C)(C)C)c1)[C@H](N)C(=O)O. The molecule has 1 aromatic carbocycles. The van der Waals surface area contributed by atoms with Gasteiger partial charge in [-0.25, -0.2) is 4.79 Å². The van der Waals surface area contributed by atoms with Gasteiger partial charge in [0.25, 0.3) is 0 Å². The van der Waals surface area contributed by atoms with Crippen molar-refractivity contribution in [1.29, 1.82) is 0 Å². The fraction of sp³-hybridized carbons (Fsp3) is 0.630. The molecule has 0 radical (unpaired) electrons. The lowest BCUT2D eigenvalue weighted by Crippen LogP contribution is -2.40. The van der Waals surface area contributed by atoms with E-state index in [0.717, 1.165) is 6.42 Å². The Balaban J connectivity index is 3.37. The van der Waals surface area contributed by atoms with Crippen molar-refractivity contribution < 1.29 is 43.2 Å². The molecule has 2 unspecified atom stereocenters. The third-order valence-corrected chi connectivity index (χ3v) is 5.45. The van der Waals surface area contributed by atoms with Crippen molar-refractivity contribution in [2.75, 3.05) is 13.2 Å². The van der Waals surface area contributed by atoms with Crippen molar-refractivity contribution in [3.63, 3.8) is 0 Å². The number of aliphatic carboxylic acids is 1. The predicted octanol–water partition coefficient (Wildman–Crippen LogP) is 4.67. The first-order chi connectivity index (χ1) is 17.0. The molecule has 0 fully saturated rings. The van der Waals surface area contributed by atoms with Crippen molar-refractivity contribution in [2.24, 2.45) is 22.5 Å². The van der Waals surface area contributed by atoms with E-state index in [4.69, 9.17) is 24.7 Å². The molecule has 0 aliphatic rings. The maximum atomic E-state index is 12.7. The molecule has 0 aliphatic heterocycles. The zero-order valence-corrected chi connectivity index (χ0v) is 23.1. The van der Waals surface area contributed by atoms with E-state index in [1.165, 1.54) is 12.1 Å². The molecule has 0 saturated heterocycles. The lowest BCUT2D eigenvalue weighted by molar-refractivity contribution is -0.145. The van der Waals surface area contributed by atoms with Crippen LogP contribution in [0.5, 0.6) is 11.5 Å². The molecule has 0 bridgehead atoms. The van der Waals surface area contributed by atoms with E-state index in [1.807, 2.05) is 6.92 Å². The molecule has 208 valence electrons. The van der Waals surface area contributed by atoms with Gasteiger partial charge in [0.05, 0.1) is 24.0 Å². The Kier molecular flexibility index (Phi) is 11.6. The van der Waals surface area contributed by atoms with Crippen LogP contribution in [0.3, 0.4) is 0 Å². The first-order valence-electron chi connectivity index (χ1n) is 12.4. The molecular formula is C27H41NO9. The van der Waals surface area contributed by atoms with Gasteiger partial charge in [0.1, 0.15) is 6.04 Å². The van der Waals surface area contributed by atoms with Crippen LogP contribution in [-0.2, 0) is 23.9 Å². The highest BCUT2D eigenvalue weighted by Crippen LogP contribution is 2.37. The second-order valence-electron chi connectivity index (χ2n) is 11.1. The molecule has 0 amide bonds. The molecule has 0 saturated carbocycles. The molecular weight excluding hydrogens is 482 g/mol. The van der Waals surface area contributed by atoms with Gasteiger partial charge in [-0.2, -0.15) is 0 Å². The number of hydrogen-bond acceptors (Lipinski definition) is 9. The molecule has 0 heterocycles. The Labute approximate surface area is 218 Å². The van der Waals surface area contributed by atoms with E-state index in [1.54, 1.807) is 54.5 Å². The fourth-order valence-electron chi connectivity index (χ4n) is 3.09. The number of unbranched alkanes of at least 4 members (excludes halogenated alkanes) is 1. The molecule has 0 aromatic heterocycles. The summed E-state index contributed by atoms with van der Waals surface area (Å²) in [5.74, 6) is -3.84. The van der Waals surface area contributed by atoms with Crippen LogP contribution in [0.2, 0.25) is 0 Å². The standard InChI is InChI=1S/C27H41NO9/c1-9-10-13-34-25(33)35-15-16(2)20(21(28)22(29)30)17-11-12-18(36-23(31)26(3,4)5)19(14-17)37-24(32)27(6,7)8/h11-12,14,16,20-21H,9-10,13,15,28H2,1-8H3,(H,29,30)/t16?,20?,21-/m0/s1. The molecule has 37 heavy (non-hydrogen) atoms. The molecule has 0 spiro atoms. The van der Waals surface area contributed by atoms with Gasteiger partial charge in [-0.1, -0.05) is 26.3 Å². The van der Waals surface area contributed by atoms with Gasteiger partial charge in [0.15, 0.2) is 11.5 Å². The van der Waals surface area contributed by atoms with Crippen molar-refractivity contribution in [3.8, 4) is 11.5 Å². The summed E-state index contributed by atoms with van der Waals surface area (Å²) in [7, 11) is 0. The highest BCUT2D eigenvalue weighted by atomic mass is 16.7. The van der Waals surface area contributed by atoms with Gasteiger partial charge in [-0.3, -0.25) is 14.4 Å². The van der Waals surface area contributed by atoms with E-state index in [2.05, 4.69) is 0 Å². The summed E-state index contributed by atoms with van der Waals surface area (Å²) >= 11 is 0. The van der Waals surface area contributed by atoms with Crippen LogP contribution in [0, 0.1) is 16.7 Å². The minimum atomic E-state index is -1.37. The second-order valence-corrected chi connectivity index (χ2v) is 11.1.